The number of piperidine rings is 1. The van der Waals surface area contributed by atoms with Crippen molar-refractivity contribution < 1.29 is 14.4 Å². The molecular weight excluding hydrogens is 344 g/mol. The van der Waals surface area contributed by atoms with Crippen LogP contribution >= 0.6 is 0 Å². The van der Waals surface area contributed by atoms with Crippen molar-refractivity contribution in [3.05, 3.63) is 36.0 Å². The van der Waals surface area contributed by atoms with Crippen molar-refractivity contribution in [2.24, 2.45) is 5.10 Å². The highest BCUT2D eigenvalue weighted by atomic mass is 16.2. The fourth-order valence-corrected chi connectivity index (χ4v) is 3.16. The molecule has 0 radical (unpaired) electrons. The summed E-state index contributed by atoms with van der Waals surface area (Å²) in [5.74, 6) is 0.629. The highest BCUT2D eigenvalue weighted by molar-refractivity contribution is 6.03. The van der Waals surface area contributed by atoms with Crippen LogP contribution in [0.4, 0.5) is 0 Å². The minimum Gasteiger partial charge on any atom is -0.343 e. The van der Waals surface area contributed by atoms with Crippen molar-refractivity contribution in [2.45, 2.75) is 45.1 Å². The predicted molar refractivity (Wildman–Crippen MR) is 105 cm³/mol. The number of nitrogens with zero attached hydrogens (tertiary/aromatic N) is 3. The molecule has 1 aliphatic heterocycles. The van der Waals surface area contributed by atoms with Gasteiger partial charge in [-0.25, -0.2) is 0 Å². The Kier molecular flexibility index (Phi) is 7.98. The number of amides is 2. The van der Waals surface area contributed by atoms with E-state index in [9.17, 15) is 14.4 Å². The first-order valence-electron chi connectivity index (χ1n) is 9.33. The van der Waals surface area contributed by atoms with Gasteiger partial charge in [-0.1, -0.05) is 30.4 Å². The van der Waals surface area contributed by atoms with Gasteiger partial charge in [0.1, 0.15) is 5.78 Å². The Labute approximate surface area is 160 Å². The quantitative estimate of drug-likeness (QED) is 0.320. The van der Waals surface area contributed by atoms with Gasteiger partial charge in [0, 0.05) is 38.6 Å². The lowest BCUT2D eigenvalue weighted by molar-refractivity contribution is -0.134. The van der Waals surface area contributed by atoms with E-state index in [1.807, 2.05) is 47.3 Å². The molecule has 1 fully saturated rings. The summed E-state index contributed by atoms with van der Waals surface area (Å²) in [6, 6.07) is 0.197. The number of rotatable bonds is 7. The van der Waals surface area contributed by atoms with Crippen molar-refractivity contribution in [1.29, 1.82) is 0 Å². The van der Waals surface area contributed by atoms with Crippen LogP contribution in [0.5, 0.6) is 0 Å². The Hall–Kier alpha value is -2.70. The zero-order valence-electron chi connectivity index (χ0n) is 16.1. The molecule has 1 saturated heterocycles. The summed E-state index contributed by atoms with van der Waals surface area (Å²) >= 11 is 0. The number of allylic oxidation sites excluding steroid dienone is 5. The second kappa shape index (κ2) is 10.4. The van der Waals surface area contributed by atoms with Gasteiger partial charge in [-0.3, -0.25) is 14.6 Å². The molecular formula is C20H28N4O3. The van der Waals surface area contributed by atoms with Gasteiger partial charge >= 0.3 is 0 Å². The first-order valence-corrected chi connectivity index (χ1v) is 9.33. The number of nitrogens with one attached hydrogen (secondary N) is 1. The number of hydrogen-bond donors (Lipinski definition) is 1. The minimum atomic E-state index is 0.0417. The summed E-state index contributed by atoms with van der Waals surface area (Å²) < 4.78 is 0. The van der Waals surface area contributed by atoms with Crippen LogP contribution in [0.25, 0.3) is 0 Å². The summed E-state index contributed by atoms with van der Waals surface area (Å²) in [7, 11) is 1.90. The van der Waals surface area contributed by atoms with Gasteiger partial charge in [0.25, 0.3) is 0 Å². The largest absolute Gasteiger partial charge is 0.343 e. The van der Waals surface area contributed by atoms with Gasteiger partial charge in [0.15, 0.2) is 5.84 Å². The molecule has 0 aromatic carbocycles. The second-order valence-corrected chi connectivity index (χ2v) is 6.81. The number of carbonyl (C=O) groups excluding carboxylic acids is 3. The maximum absolute atomic E-state index is 12.1. The van der Waals surface area contributed by atoms with E-state index >= 15 is 0 Å². The van der Waals surface area contributed by atoms with Gasteiger partial charge in [0.05, 0.1) is 6.04 Å². The average molecular weight is 372 g/mol. The van der Waals surface area contributed by atoms with Crippen molar-refractivity contribution >= 4 is 23.9 Å². The molecule has 0 saturated carbocycles. The minimum absolute atomic E-state index is 0.0417. The van der Waals surface area contributed by atoms with E-state index in [2.05, 4.69) is 10.4 Å². The molecule has 146 valence electrons. The van der Waals surface area contributed by atoms with Crippen molar-refractivity contribution in [2.75, 3.05) is 20.1 Å². The summed E-state index contributed by atoms with van der Waals surface area (Å²) in [5.41, 5.74) is 0.941. The molecule has 0 spiro atoms. The van der Waals surface area contributed by atoms with Crippen LogP contribution in [0, 0.1) is 0 Å². The molecule has 0 atom stereocenters. The second-order valence-electron chi connectivity index (χ2n) is 6.81. The van der Waals surface area contributed by atoms with Gasteiger partial charge in [-0.05, 0) is 26.2 Å². The summed E-state index contributed by atoms with van der Waals surface area (Å²) in [5, 5.41) is 9.19. The number of carbonyl (C=O) groups is 3. The lowest BCUT2D eigenvalue weighted by Gasteiger charge is -2.35. The van der Waals surface area contributed by atoms with E-state index in [1.165, 1.54) is 6.92 Å². The highest BCUT2D eigenvalue weighted by Crippen LogP contribution is 2.18. The Balaban J connectivity index is 1.94. The lowest BCUT2D eigenvalue weighted by Crippen LogP contribution is -2.45. The molecule has 2 aliphatic rings. The average Bonchev–Trinajstić information content (AvgIpc) is 2.95. The SMILES string of the molecule is CC(=O)CCC(=O)N1CCC(N(C)/N=C(\NC=O)C2=CC=CC=CC2)CC1. The molecule has 2 amide bonds. The first kappa shape index (κ1) is 20.6. The van der Waals surface area contributed by atoms with Crippen LogP contribution in [-0.4, -0.2) is 60.0 Å². The van der Waals surface area contributed by atoms with Crippen LogP contribution in [0.15, 0.2) is 41.1 Å². The van der Waals surface area contributed by atoms with E-state index in [0.29, 0.717) is 38.2 Å². The molecule has 0 unspecified atom stereocenters. The molecule has 0 aromatic rings. The van der Waals surface area contributed by atoms with E-state index in [1.54, 1.807) is 0 Å². The molecule has 2 rings (SSSR count). The molecule has 1 aliphatic carbocycles. The van der Waals surface area contributed by atoms with E-state index in [4.69, 9.17) is 0 Å². The fraction of sp³-hybridized carbons (Fsp3) is 0.500. The van der Waals surface area contributed by atoms with Crippen molar-refractivity contribution in [1.82, 2.24) is 15.2 Å². The van der Waals surface area contributed by atoms with E-state index in [0.717, 1.165) is 18.4 Å². The van der Waals surface area contributed by atoms with Crippen LogP contribution in [0.2, 0.25) is 0 Å². The van der Waals surface area contributed by atoms with Crippen LogP contribution in [-0.2, 0) is 14.4 Å². The van der Waals surface area contributed by atoms with Gasteiger partial charge in [-0.15, -0.1) is 0 Å². The Morgan fingerprint density at radius 1 is 1.26 bits per heavy atom. The number of ketones is 1. The molecule has 0 aromatic heterocycles. The Morgan fingerprint density at radius 3 is 2.67 bits per heavy atom. The summed E-state index contributed by atoms with van der Waals surface area (Å²) in [4.78, 5) is 36.0. The molecule has 1 heterocycles. The number of likely N-dealkylation sites (tertiary alicyclic amines) is 1. The smallest absolute Gasteiger partial charge is 0.223 e. The molecule has 1 N–H and O–H groups in total. The summed E-state index contributed by atoms with van der Waals surface area (Å²) in [6.07, 6.45) is 13.3. The van der Waals surface area contributed by atoms with Crippen LogP contribution < -0.4 is 5.32 Å². The maximum Gasteiger partial charge on any atom is 0.223 e. The van der Waals surface area contributed by atoms with Gasteiger partial charge in [-0.2, -0.15) is 5.10 Å². The van der Waals surface area contributed by atoms with E-state index in [-0.39, 0.29) is 24.2 Å². The predicted octanol–water partition coefficient (Wildman–Crippen LogP) is 1.78. The highest BCUT2D eigenvalue weighted by Gasteiger charge is 2.25. The third-order valence-corrected chi connectivity index (χ3v) is 4.79. The monoisotopic (exact) mass is 372 g/mol. The number of hydrogen-bond acceptors (Lipinski definition) is 5. The Morgan fingerprint density at radius 2 is 2.00 bits per heavy atom. The number of hydrazone groups is 1. The van der Waals surface area contributed by atoms with Crippen LogP contribution in [0.1, 0.15) is 39.0 Å². The van der Waals surface area contributed by atoms with Crippen molar-refractivity contribution in [3.63, 3.8) is 0 Å². The lowest BCUT2D eigenvalue weighted by atomic mass is 10.0. The van der Waals surface area contributed by atoms with Crippen molar-refractivity contribution in [3.8, 4) is 0 Å². The normalized spacial score (nSPS) is 17.9. The maximum atomic E-state index is 12.1. The molecule has 27 heavy (non-hydrogen) atoms. The van der Waals surface area contributed by atoms with Gasteiger partial charge in [0.2, 0.25) is 12.3 Å². The zero-order valence-corrected chi connectivity index (χ0v) is 16.1. The van der Waals surface area contributed by atoms with Gasteiger partial charge < -0.3 is 15.0 Å². The third-order valence-electron chi connectivity index (χ3n) is 4.79. The molecule has 7 heteroatoms. The molecule has 7 nitrogen and oxygen atoms in total. The standard InChI is InChI=1S/C20H28N4O3/c1-16(26)9-10-19(27)24-13-11-18(12-14-24)23(2)22-20(21-15-25)17-7-5-3-4-6-8-17/h3-7,15,18H,8-14H2,1-2H3,(H,21,22,25). The van der Waals surface area contributed by atoms with E-state index < -0.39 is 0 Å². The number of amidine groups is 1. The molecule has 0 bridgehead atoms. The number of Topliss-reactive ketones (excluding diaryl/α,β-unsaturated/α-hetero) is 1. The Bertz CT molecular complexity index is 671. The topological polar surface area (TPSA) is 82.1 Å². The fourth-order valence-electron chi connectivity index (χ4n) is 3.16. The first-order chi connectivity index (χ1) is 13.0. The zero-order chi connectivity index (χ0) is 19.6. The van der Waals surface area contributed by atoms with Crippen LogP contribution in [0.3, 0.4) is 0 Å². The third kappa shape index (κ3) is 6.51. The summed E-state index contributed by atoms with van der Waals surface area (Å²) in [6.45, 7) is 2.82.